The molecule has 0 radical (unpaired) electrons. The number of methoxy groups -OCH3 is 1. The van der Waals surface area contributed by atoms with Crippen LogP contribution >= 0.6 is 0 Å². The summed E-state index contributed by atoms with van der Waals surface area (Å²) in [4.78, 5) is 29.1. The molecule has 6 heteroatoms. The molecule has 0 spiro atoms. The fourth-order valence-electron chi connectivity index (χ4n) is 3.56. The lowest BCUT2D eigenvalue weighted by atomic mass is 10.1. The minimum Gasteiger partial charge on any atom is -0.497 e. The van der Waals surface area contributed by atoms with Gasteiger partial charge in [0.15, 0.2) is 0 Å². The number of nitrogens with zero attached hydrogens (tertiary/aromatic N) is 2. The summed E-state index contributed by atoms with van der Waals surface area (Å²) in [6, 6.07) is 15.5. The molecule has 6 nitrogen and oxygen atoms in total. The SMILES string of the molecule is COc1ccc(CN2CCCN(C(=O)CNC(=O)c3ccccc3C)CC2)cc1. The largest absolute Gasteiger partial charge is 0.497 e. The molecule has 0 aliphatic carbocycles. The third kappa shape index (κ3) is 5.81. The van der Waals surface area contributed by atoms with Gasteiger partial charge in [-0.25, -0.2) is 0 Å². The van der Waals surface area contributed by atoms with Crippen molar-refractivity contribution in [3.8, 4) is 5.75 Å². The molecule has 1 fully saturated rings. The summed E-state index contributed by atoms with van der Waals surface area (Å²) in [5.74, 6) is 0.625. The molecule has 2 amide bonds. The van der Waals surface area contributed by atoms with Gasteiger partial charge in [0.25, 0.3) is 5.91 Å². The summed E-state index contributed by atoms with van der Waals surface area (Å²) in [6.45, 7) is 5.95. The lowest BCUT2D eigenvalue weighted by Gasteiger charge is -2.22. The number of carbonyl (C=O) groups excluding carboxylic acids is 2. The van der Waals surface area contributed by atoms with Crippen LogP contribution in [0.15, 0.2) is 48.5 Å². The van der Waals surface area contributed by atoms with E-state index in [4.69, 9.17) is 4.74 Å². The zero-order valence-corrected chi connectivity index (χ0v) is 17.2. The van der Waals surface area contributed by atoms with Gasteiger partial charge in [-0.05, 0) is 42.7 Å². The number of hydrogen-bond acceptors (Lipinski definition) is 4. The molecule has 0 unspecified atom stereocenters. The Hall–Kier alpha value is -2.86. The van der Waals surface area contributed by atoms with Crippen LogP contribution in [0.3, 0.4) is 0 Å². The Kier molecular flexibility index (Phi) is 7.25. The van der Waals surface area contributed by atoms with Crippen molar-refractivity contribution in [2.24, 2.45) is 0 Å². The summed E-state index contributed by atoms with van der Waals surface area (Å²) in [7, 11) is 1.67. The normalized spacial score (nSPS) is 14.9. The van der Waals surface area contributed by atoms with E-state index in [-0.39, 0.29) is 18.4 Å². The first-order chi connectivity index (χ1) is 14.1. The van der Waals surface area contributed by atoms with Crippen LogP contribution in [-0.4, -0.2) is 61.4 Å². The maximum Gasteiger partial charge on any atom is 0.251 e. The quantitative estimate of drug-likeness (QED) is 0.816. The van der Waals surface area contributed by atoms with Gasteiger partial charge in [-0.2, -0.15) is 0 Å². The molecule has 0 bridgehead atoms. The highest BCUT2D eigenvalue weighted by molar-refractivity contribution is 5.97. The van der Waals surface area contributed by atoms with E-state index in [0.29, 0.717) is 12.1 Å². The average molecular weight is 396 g/mol. The second-order valence-electron chi connectivity index (χ2n) is 7.36. The van der Waals surface area contributed by atoms with E-state index in [9.17, 15) is 9.59 Å². The average Bonchev–Trinajstić information content (AvgIpc) is 2.98. The molecule has 1 aliphatic heterocycles. The monoisotopic (exact) mass is 395 g/mol. The molecule has 0 saturated carbocycles. The molecule has 2 aromatic rings. The van der Waals surface area contributed by atoms with Crippen molar-refractivity contribution < 1.29 is 14.3 Å². The van der Waals surface area contributed by atoms with E-state index < -0.39 is 0 Å². The maximum absolute atomic E-state index is 12.6. The molecule has 1 N–H and O–H groups in total. The topological polar surface area (TPSA) is 61.9 Å². The van der Waals surface area contributed by atoms with Crippen molar-refractivity contribution in [3.63, 3.8) is 0 Å². The van der Waals surface area contributed by atoms with Crippen molar-refractivity contribution in [2.45, 2.75) is 19.9 Å². The zero-order chi connectivity index (χ0) is 20.6. The zero-order valence-electron chi connectivity index (χ0n) is 17.2. The Morgan fingerprint density at radius 3 is 2.48 bits per heavy atom. The Balaban J connectivity index is 1.47. The van der Waals surface area contributed by atoms with Crippen LogP contribution in [0.1, 0.15) is 27.9 Å². The summed E-state index contributed by atoms with van der Waals surface area (Å²) in [5.41, 5.74) is 2.75. The Labute approximate surface area is 172 Å². The first-order valence-electron chi connectivity index (χ1n) is 10.0. The molecule has 1 heterocycles. The van der Waals surface area contributed by atoms with Crippen molar-refractivity contribution in [2.75, 3.05) is 39.8 Å². The molecule has 1 saturated heterocycles. The fraction of sp³-hybridized carbons (Fsp3) is 0.391. The number of carbonyl (C=O) groups is 2. The van der Waals surface area contributed by atoms with Gasteiger partial charge in [0, 0.05) is 38.3 Å². The number of aryl methyl sites for hydroxylation is 1. The molecule has 3 rings (SSSR count). The highest BCUT2D eigenvalue weighted by atomic mass is 16.5. The molecule has 154 valence electrons. The van der Waals surface area contributed by atoms with E-state index >= 15 is 0 Å². The standard InChI is InChI=1S/C23H29N3O3/c1-18-6-3-4-7-21(18)23(28)24-16-22(27)26-13-5-12-25(14-15-26)17-19-8-10-20(29-2)11-9-19/h3-4,6-11H,5,12-17H2,1-2H3,(H,24,28). The van der Waals surface area contributed by atoms with Gasteiger partial charge in [-0.15, -0.1) is 0 Å². The van der Waals surface area contributed by atoms with Gasteiger partial charge in [-0.1, -0.05) is 30.3 Å². The first kappa shape index (κ1) is 20.9. The predicted molar refractivity (Wildman–Crippen MR) is 113 cm³/mol. The van der Waals surface area contributed by atoms with Gasteiger partial charge in [0.2, 0.25) is 5.91 Å². The molecule has 2 aromatic carbocycles. The number of ether oxygens (including phenoxy) is 1. The minimum absolute atomic E-state index is 0.0294. The van der Waals surface area contributed by atoms with Crippen molar-refractivity contribution in [1.29, 1.82) is 0 Å². The molecule has 0 atom stereocenters. The van der Waals surface area contributed by atoms with Gasteiger partial charge in [0.1, 0.15) is 5.75 Å². The number of hydrogen-bond donors (Lipinski definition) is 1. The first-order valence-corrected chi connectivity index (χ1v) is 10.0. The van der Waals surface area contributed by atoms with Crippen LogP contribution in [0.2, 0.25) is 0 Å². The summed E-state index contributed by atoms with van der Waals surface area (Å²) >= 11 is 0. The highest BCUT2D eigenvalue weighted by Crippen LogP contribution is 2.14. The minimum atomic E-state index is -0.201. The van der Waals surface area contributed by atoms with E-state index in [1.165, 1.54) is 5.56 Å². The van der Waals surface area contributed by atoms with Crippen molar-refractivity contribution in [3.05, 3.63) is 65.2 Å². The van der Waals surface area contributed by atoms with E-state index in [1.54, 1.807) is 13.2 Å². The van der Waals surface area contributed by atoms with Crippen LogP contribution in [-0.2, 0) is 11.3 Å². The van der Waals surface area contributed by atoms with Crippen molar-refractivity contribution in [1.82, 2.24) is 15.1 Å². The molecule has 1 aliphatic rings. The van der Waals surface area contributed by atoms with Crippen molar-refractivity contribution >= 4 is 11.8 Å². The second kappa shape index (κ2) is 10.1. The van der Waals surface area contributed by atoms with E-state index in [2.05, 4.69) is 22.3 Å². The smallest absolute Gasteiger partial charge is 0.251 e. The van der Waals surface area contributed by atoms with Gasteiger partial charge >= 0.3 is 0 Å². The Bertz CT molecular complexity index is 836. The van der Waals surface area contributed by atoms with Gasteiger partial charge < -0.3 is 15.0 Å². The fourth-order valence-corrected chi connectivity index (χ4v) is 3.56. The summed E-state index contributed by atoms with van der Waals surface area (Å²) in [5, 5.41) is 2.76. The van der Waals surface area contributed by atoms with Crippen LogP contribution in [0.4, 0.5) is 0 Å². The molecule has 0 aromatic heterocycles. The third-order valence-electron chi connectivity index (χ3n) is 5.30. The number of rotatable bonds is 6. The molecular weight excluding hydrogens is 366 g/mol. The summed E-state index contributed by atoms with van der Waals surface area (Å²) in [6.07, 6.45) is 0.924. The molecular formula is C23H29N3O3. The highest BCUT2D eigenvalue weighted by Gasteiger charge is 2.20. The third-order valence-corrected chi connectivity index (χ3v) is 5.30. The second-order valence-corrected chi connectivity index (χ2v) is 7.36. The lowest BCUT2D eigenvalue weighted by Crippen LogP contribution is -2.42. The van der Waals surface area contributed by atoms with Crippen LogP contribution < -0.4 is 10.1 Å². The number of nitrogens with one attached hydrogen (secondary N) is 1. The van der Waals surface area contributed by atoms with Gasteiger partial charge in [0.05, 0.1) is 13.7 Å². The number of amides is 2. The molecule has 29 heavy (non-hydrogen) atoms. The van der Waals surface area contributed by atoms with Crippen LogP contribution in [0.25, 0.3) is 0 Å². The lowest BCUT2D eigenvalue weighted by molar-refractivity contribution is -0.130. The maximum atomic E-state index is 12.6. The number of benzene rings is 2. The van der Waals surface area contributed by atoms with Crippen LogP contribution in [0, 0.1) is 6.92 Å². The van der Waals surface area contributed by atoms with E-state index in [1.807, 2.05) is 42.2 Å². The van der Waals surface area contributed by atoms with E-state index in [0.717, 1.165) is 43.9 Å². The summed E-state index contributed by atoms with van der Waals surface area (Å²) < 4.78 is 5.21. The Morgan fingerprint density at radius 2 is 1.76 bits per heavy atom. The van der Waals surface area contributed by atoms with Gasteiger partial charge in [-0.3, -0.25) is 14.5 Å². The predicted octanol–water partition coefficient (Wildman–Crippen LogP) is 2.47. The Morgan fingerprint density at radius 1 is 1.00 bits per heavy atom. The van der Waals surface area contributed by atoms with Crippen LogP contribution in [0.5, 0.6) is 5.75 Å².